The Balaban J connectivity index is 2.71. The molecule has 0 spiro atoms. The molecule has 0 saturated carbocycles. The summed E-state index contributed by atoms with van der Waals surface area (Å²) in [5.74, 6) is 0.717. The fourth-order valence-electron chi connectivity index (χ4n) is 0.813. The first-order valence-corrected chi connectivity index (χ1v) is 4.90. The Hall–Kier alpha value is -0.670. The minimum atomic E-state index is 0.436. The van der Waals surface area contributed by atoms with Crippen molar-refractivity contribution in [1.82, 2.24) is 0 Å². The van der Waals surface area contributed by atoms with Crippen LogP contribution in [0.15, 0.2) is 34.3 Å². The van der Waals surface area contributed by atoms with E-state index in [0.29, 0.717) is 12.3 Å². The van der Waals surface area contributed by atoms with Crippen LogP contribution in [0.2, 0.25) is 0 Å². The van der Waals surface area contributed by atoms with Crippen LogP contribution in [0.4, 0.5) is 5.69 Å². The zero-order chi connectivity index (χ0) is 9.68. The zero-order valence-electron chi connectivity index (χ0n) is 6.84. The lowest BCUT2D eigenvalue weighted by atomic mass is 10.3. The molecule has 0 aliphatic rings. The molecule has 0 unspecified atom stereocenters. The monoisotopic (exact) mass is 261 g/mol. The number of hydrogen-bond donors (Lipinski definition) is 1. The predicted octanol–water partition coefficient (Wildman–Crippen LogP) is 3.16. The number of benzene rings is 1. The third-order valence-corrected chi connectivity index (χ3v) is 2.44. The highest BCUT2D eigenvalue weighted by molar-refractivity contribution is 9.10. The van der Waals surface area contributed by atoms with Crippen molar-refractivity contribution in [3.63, 3.8) is 0 Å². The molecule has 0 aromatic heterocycles. The largest absolute Gasteiger partial charge is 0.488 e. The van der Waals surface area contributed by atoms with Crippen LogP contribution >= 0.6 is 27.5 Å². The summed E-state index contributed by atoms with van der Waals surface area (Å²) < 4.78 is 6.14. The topological polar surface area (TPSA) is 35.2 Å². The first-order chi connectivity index (χ1) is 6.25. The SMILES string of the molecule is Nc1cccc(OC/C=C/Cl)c1Br. The van der Waals surface area contributed by atoms with E-state index >= 15 is 0 Å². The van der Waals surface area contributed by atoms with E-state index in [1.165, 1.54) is 5.54 Å². The molecule has 2 nitrogen and oxygen atoms in total. The summed E-state index contributed by atoms with van der Waals surface area (Å²) in [5, 5.41) is 0. The Morgan fingerprint density at radius 2 is 2.31 bits per heavy atom. The number of ether oxygens (including phenoxy) is 1. The van der Waals surface area contributed by atoms with Gasteiger partial charge in [-0.3, -0.25) is 0 Å². The van der Waals surface area contributed by atoms with E-state index in [-0.39, 0.29) is 0 Å². The van der Waals surface area contributed by atoms with E-state index in [9.17, 15) is 0 Å². The first-order valence-electron chi connectivity index (χ1n) is 3.67. The Bertz CT molecular complexity index is 314. The Morgan fingerprint density at radius 1 is 1.54 bits per heavy atom. The minimum absolute atomic E-state index is 0.436. The molecule has 1 aromatic rings. The van der Waals surface area contributed by atoms with Crippen LogP contribution in [0.3, 0.4) is 0 Å². The van der Waals surface area contributed by atoms with Crippen molar-refractivity contribution in [2.45, 2.75) is 0 Å². The van der Waals surface area contributed by atoms with Crippen LogP contribution in [0.1, 0.15) is 0 Å². The van der Waals surface area contributed by atoms with Gasteiger partial charge in [-0.05, 0) is 34.1 Å². The maximum Gasteiger partial charge on any atom is 0.136 e. The quantitative estimate of drug-likeness (QED) is 0.849. The molecule has 0 saturated heterocycles. The van der Waals surface area contributed by atoms with Crippen LogP contribution in [0, 0.1) is 0 Å². The van der Waals surface area contributed by atoms with Gasteiger partial charge in [0.1, 0.15) is 12.4 Å². The third kappa shape index (κ3) is 2.94. The predicted molar refractivity (Wildman–Crippen MR) is 59.0 cm³/mol. The van der Waals surface area contributed by atoms with E-state index in [0.717, 1.165) is 10.2 Å². The van der Waals surface area contributed by atoms with E-state index in [1.54, 1.807) is 12.1 Å². The fraction of sp³-hybridized carbons (Fsp3) is 0.111. The number of hydrogen-bond acceptors (Lipinski definition) is 2. The lowest BCUT2D eigenvalue weighted by Gasteiger charge is -2.06. The van der Waals surface area contributed by atoms with Gasteiger partial charge in [0.05, 0.1) is 4.47 Å². The van der Waals surface area contributed by atoms with Crippen molar-refractivity contribution in [2.24, 2.45) is 0 Å². The molecule has 0 radical (unpaired) electrons. The second kappa shape index (κ2) is 5.14. The molecular formula is C9H9BrClNO. The highest BCUT2D eigenvalue weighted by Crippen LogP contribution is 2.30. The fourth-order valence-corrected chi connectivity index (χ4v) is 1.27. The van der Waals surface area contributed by atoms with Crippen molar-refractivity contribution < 1.29 is 4.74 Å². The first kappa shape index (κ1) is 10.4. The normalized spacial score (nSPS) is 10.6. The van der Waals surface area contributed by atoms with Crippen molar-refractivity contribution >= 4 is 33.2 Å². The molecule has 1 rings (SSSR count). The molecule has 0 aliphatic heterocycles. The second-order valence-electron chi connectivity index (χ2n) is 2.33. The van der Waals surface area contributed by atoms with Gasteiger partial charge in [0.15, 0.2) is 0 Å². The van der Waals surface area contributed by atoms with Gasteiger partial charge in [-0.15, -0.1) is 0 Å². The van der Waals surface area contributed by atoms with Crippen LogP contribution in [0.5, 0.6) is 5.75 Å². The molecule has 70 valence electrons. The number of rotatable bonds is 3. The Labute approximate surface area is 90.5 Å². The van der Waals surface area contributed by atoms with Gasteiger partial charge in [-0.2, -0.15) is 0 Å². The number of nitrogen functional groups attached to an aromatic ring is 1. The van der Waals surface area contributed by atoms with E-state index in [4.69, 9.17) is 22.1 Å². The van der Waals surface area contributed by atoms with E-state index in [2.05, 4.69) is 15.9 Å². The van der Waals surface area contributed by atoms with Gasteiger partial charge in [-0.25, -0.2) is 0 Å². The lowest BCUT2D eigenvalue weighted by Crippen LogP contribution is -1.95. The standard InChI is InChI=1S/C9H9BrClNO/c10-9-7(12)3-1-4-8(9)13-6-2-5-11/h1-5H,6,12H2/b5-2+. The summed E-state index contributed by atoms with van der Waals surface area (Å²) in [4.78, 5) is 0. The second-order valence-corrected chi connectivity index (χ2v) is 3.38. The maximum absolute atomic E-state index is 5.65. The average Bonchev–Trinajstić information content (AvgIpc) is 2.13. The number of anilines is 1. The van der Waals surface area contributed by atoms with Crippen molar-refractivity contribution in [2.75, 3.05) is 12.3 Å². The summed E-state index contributed by atoms with van der Waals surface area (Å²) in [5.41, 5.74) is 7.73. The van der Waals surface area contributed by atoms with Gasteiger partial charge in [-0.1, -0.05) is 17.7 Å². The van der Waals surface area contributed by atoms with Crippen molar-refractivity contribution in [1.29, 1.82) is 0 Å². The van der Waals surface area contributed by atoms with Crippen LogP contribution in [0.25, 0.3) is 0 Å². The average molecular weight is 263 g/mol. The van der Waals surface area contributed by atoms with Crippen molar-refractivity contribution in [3.05, 3.63) is 34.3 Å². The van der Waals surface area contributed by atoms with Gasteiger partial charge in [0.2, 0.25) is 0 Å². The van der Waals surface area contributed by atoms with Gasteiger partial charge in [0, 0.05) is 11.2 Å². The van der Waals surface area contributed by atoms with Gasteiger partial charge >= 0.3 is 0 Å². The number of nitrogens with two attached hydrogens (primary N) is 1. The summed E-state index contributed by atoms with van der Waals surface area (Å²) in [6.45, 7) is 0.436. The summed E-state index contributed by atoms with van der Waals surface area (Å²) in [6.07, 6.45) is 1.71. The van der Waals surface area contributed by atoms with Crippen LogP contribution in [-0.2, 0) is 0 Å². The third-order valence-electron chi connectivity index (χ3n) is 1.42. The number of halogens is 2. The summed E-state index contributed by atoms with van der Waals surface area (Å²) in [6, 6.07) is 5.47. The van der Waals surface area contributed by atoms with Crippen LogP contribution in [-0.4, -0.2) is 6.61 Å². The maximum atomic E-state index is 5.65. The molecule has 0 atom stereocenters. The zero-order valence-corrected chi connectivity index (χ0v) is 9.18. The highest BCUT2D eigenvalue weighted by Gasteiger charge is 2.01. The molecule has 0 heterocycles. The summed E-state index contributed by atoms with van der Waals surface area (Å²) in [7, 11) is 0. The lowest BCUT2D eigenvalue weighted by molar-refractivity contribution is 0.361. The highest BCUT2D eigenvalue weighted by atomic mass is 79.9. The molecule has 1 aromatic carbocycles. The molecule has 13 heavy (non-hydrogen) atoms. The molecular weight excluding hydrogens is 253 g/mol. The molecule has 0 amide bonds. The van der Waals surface area contributed by atoms with E-state index < -0.39 is 0 Å². The van der Waals surface area contributed by atoms with Crippen LogP contribution < -0.4 is 10.5 Å². The Kier molecular flexibility index (Phi) is 4.12. The summed E-state index contributed by atoms with van der Waals surface area (Å²) >= 11 is 8.67. The van der Waals surface area contributed by atoms with Gasteiger partial charge < -0.3 is 10.5 Å². The molecule has 4 heteroatoms. The van der Waals surface area contributed by atoms with Crippen molar-refractivity contribution in [3.8, 4) is 5.75 Å². The molecule has 0 aliphatic carbocycles. The molecule has 0 fully saturated rings. The van der Waals surface area contributed by atoms with E-state index in [1.807, 2.05) is 12.1 Å². The molecule has 2 N–H and O–H groups in total. The Morgan fingerprint density at radius 3 is 3.00 bits per heavy atom. The molecule has 0 bridgehead atoms. The smallest absolute Gasteiger partial charge is 0.136 e. The van der Waals surface area contributed by atoms with Gasteiger partial charge in [0.25, 0.3) is 0 Å². The minimum Gasteiger partial charge on any atom is -0.488 e.